The zero-order valence-electron chi connectivity index (χ0n) is 9.13. The Balaban J connectivity index is 2.45. The number of hydrogen-bond donors (Lipinski definition) is 2. The molecule has 0 radical (unpaired) electrons. The first-order chi connectivity index (χ1) is 7.61. The van der Waals surface area contributed by atoms with Gasteiger partial charge in [-0.3, -0.25) is 4.79 Å². The first-order valence-electron chi connectivity index (χ1n) is 5.07. The van der Waals surface area contributed by atoms with E-state index in [1.54, 1.807) is 6.07 Å². The van der Waals surface area contributed by atoms with Crippen LogP contribution in [0.4, 0.5) is 10.1 Å². The number of anilines is 1. The van der Waals surface area contributed by atoms with Crippen molar-refractivity contribution in [1.29, 1.82) is 0 Å². The molecule has 1 rings (SSSR count). The molecule has 5 heteroatoms. The van der Waals surface area contributed by atoms with Crippen molar-refractivity contribution in [3.05, 3.63) is 24.0 Å². The van der Waals surface area contributed by atoms with Gasteiger partial charge in [0.2, 0.25) is 5.91 Å². The van der Waals surface area contributed by atoms with Crippen LogP contribution in [0, 0.1) is 5.82 Å². The number of carbonyl (C=O) groups is 1. The van der Waals surface area contributed by atoms with Gasteiger partial charge >= 0.3 is 0 Å². The van der Waals surface area contributed by atoms with Crippen molar-refractivity contribution in [2.45, 2.75) is 18.2 Å². The number of rotatable bonds is 5. The first-order valence-corrected chi connectivity index (χ1v) is 6.06. The quantitative estimate of drug-likeness (QED) is 0.613. The summed E-state index contributed by atoms with van der Waals surface area (Å²) in [5.41, 5.74) is 5.86. The van der Waals surface area contributed by atoms with Gasteiger partial charge < -0.3 is 11.1 Å². The maximum atomic E-state index is 13.0. The molecule has 0 aliphatic carbocycles. The molecule has 1 amide bonds. The molecule has 16 heavy (non-hydrogen) atoms. The van der Waals surface area contributed by atoms with Crippen LogP contribution in [0.1, 0.15) is 13.3 Å². The Bertz CT molecular complexity index is 351. The lowest BCUT2D eigenvalue weighted by atomic mass is 10.3. The van der Waals surface area contributed by atoms with Crippen LogP contribution >= 0.6 is 11.8 Å². The van der Waals surface area contributed by atoms with Crippen molar-refractivity contribution >= 4 is 23.4 Å². The summed E-state index contributed by atoms with van der Waals surface area (Å²) in [6, 6.07) is 4.27. The zero-order valence-corrected chi connectivity index (χ0v) is 9.94. The van der Waals surface area contributed by atoms with Gasteiger partial charge in [0.05, 0.1) is 5.75 Å². The Morgan fingerprint density at radius 2 is 2.25 bits per heavy atom. The maximum absolute atomic E-state index is 13.0. The summed E-state index contributed by atoms with van der Waals surface area (Å²) in [7, 11) is 0. The number of benzene rings is 1. The van der Waals surface area contributed by atoms with Crippen LogP contribution < -0.4 is 11.1 Å². The lowest BCUT2D eigenvalue weighted by molar-refractivity contribution is -0.118. The highest BCUT2D eigenvalue weighted by atomic mass is 32.2. The number of amides is 1. The number of hydrogen-bond acceptors (Lipinski definition) is 3. The third-order valence-electron chi connectivity index (χ3n) is 1.84. The summed E-state index contributed by atoms with van der Waals surface area (Å²) in [5.74, 6) is -0.144. The van der Waals surface area contributed by atoms with Crippen LogP contribution in [0.25, 0.3) is 0 Å². The number of nitrogen functional groups attached to an aromatic ring is 1. The average Bonchev–Trinajstić information content (AvgIpc) is 2.22. The summed E-state index contributed by atoms with van der Waals surface area (Å²) in [4.78, 5) is 12.0. The van der Waals surface area contributed by atoms with Gasteiger partial charge in [-0.1, -0.05) is 6.92 Å². The van der Waals surface area contributed by atoms with Crippen LogP contribution in [0.3, 0.4) is 0 Å². The minimum absolute atomic E-state index is 0.0466. The van der Waals surface area contributed by atoms with Gasteiger partial charge in [-0.25, -0.2) is 4.39 Å². The molecule has 0 spiro atoms. The molecule has 3 nitrogen and oxygen atoms in total. The van der Waals surface area contributed by atoms with Gasteiger partial charge in [-0.05, 0) is 24.6 Å². The highest BCUT2D eigenvalue weighted by molar-refractivity contribution is 8.00. The van der Waals surface area contributed by atoms with Gasteiger partial charge in [-0.2, -0.15) is 0 Å². The van der Waals surface area contributed by atoms with Crippen LogP contribution in [-0.4, -0.2) is 18.2 Å². The average molecular weight is 242 g/mol. The highest BCUT2D eigenvalue weighted by Crippen LogP contribution is 2.21. The Kier molecular flexibility index (Phi) is 5.11. The zero-order chi connectivity index (χ0) is 12.0. The molecule has 1 aromatic carbocycles. The summed E-state index contributed by atoms with van der Waals surface area (Å²) in [6.07, 6.45) is 0.906. The third-order valence-corrected chi connectivity index (χ3v) is 2.81. The van der Waals surface area contributed by atoms with Crippen LogP contribution in [-0.2, 0) is 4.79 Å². The minimum atomic E-state index is -0.378. The number of nitrogens with two attached hydrogens (primary N) is 1. The molecule has 0 bridgehead atoms. The van der Waals surface area contributed by atoms with E-state index in [0.29, 0.717) is 17.1 Å². The fourth-order valence-electron chi connectivity index (χ4n) is 1.13. The normalized spacial score (nSPS) is 10.1. The summed E-state index contributed by atoms with van der Waals surface area (Å²) in [6.45, 7) is 2.66. The van der Waals surface area contributed by atoms with E-state index in [2.05, 4.69) is 5.32 Å². The highest BCUT2D eigenvalue weighted by Gasteiger charge is 2.03. The van der Waals surface area contributed by atoms with E-state index in [-0.39, 0.29) is 17.5 Å². The molecule has 0 atom stereocenters. The van der Waals surface area contributed by atoms with Crippen LogP contribution in [0.2, 0.25) is 0 Å². The van der Waals surface area contributed by atoms with E-state index >= 15 is 0 Å². The molecule has 0 unspecified atom stereocenters. The molecular formula is C11H15FN2OS. The van der Waals surface area contributed by atoms with E-state index in [1.807, 2.05) is 6.92 Å². The van der Waals surface area contributed by atoms with Gasteiger partial charge in [0.15, 0.2) is 0 Å². The van der Waals surface area contributed by atoms with E-state index in [4.69, 9.17) is 5.73 Å². The lowest BCUT2D eigenvalue weighted by Crippen LogP contribution is -2.25. The van der Waals surface area contributed by atoms with E-state index < -0.39 is 0 Å². The molecule has 0 aliphatic heterocycles. The Morgan fingerprint density at radius 3 is 2.88 bits per heavy atom. The Morgan fingerprint density at radius 1 is 1.50 bits per heavy atom. The maximum Gasteiger partial charge on any atom is 0.230 e. The number of halogens is 1. The number of thioether (sulfide) groups is 1. The van der Waals surface area contributed by atoms with Gasteiger partial charge in [0, 0.05) is 17.1 Å². The molecule has 3 N–H and O–H groups in total. The second-order valence-corrected chi connectivity index (χ2v) is 4.41. The van der Waals surface area contributed by atoms with Crippen molar-refractivity contribution in [1.82, 2.24) is 5.32 Å². The van der Waals surface area contributed by atoms with E-state index in [0.717, 1.165) is 6.42 Å². The largest absolute Gasteiger partial charge is 0.399 e. The van der Waals surface area contributed by atoms with E-state index in [1.165, 1.54) is 23.9 Å². The molecule has 1 aromatic rings. The molecule has 0 saturated heterocycles. The molecule has 0 heterocycles. The van der Waals surface area contributed by atoms with Crippen LogP contribution in [0.15, 0.2) is 23.1 Å². The molecule has 88 valence electrons. The Labute approximate surface area is 98.6 Å². The third kappa shape index (κ3) is 4.53. The van der Waals surface area contributed by atoms with Gasteiger partial charge in [-0.15, -0.1) is 11.8 Å². The standard InChI is InChI=1S/C11H15FN2OS/c1-2-3-14-11(15)7-16-10-5-8(12)4-9(13)6-10/h4-6H,2-3,7,13H2,1H3,(H,14,15). The lowest BCUT2D eigenvalue weighted by Gasteiger charge is -2.04. The van der Waals surface area contributed by atoms with Gasteiger partial charge in [0.1, 0.15) is 5.82 Å². The predicted molar refractivity (Wildman–Crippen MR) is 64.8 cm³/mol. The monoisotopic (exact) mass is 242 g/mol. The SMILES string of the molecule is CCCNC(=O)CSc1cc(N)cc(F)c1. The van der Waals surface area contributed by atoms with Crippen molar-refractivity contribution in [2.75, 3.05) is 18.0 Å². The molecule has 0 aromatic heterocycles. The predicted octanol–water partition coefficient (Wildman–Crippen LogP) is 2.03. The second-order valence-electron chi connectivity index (χ2n) is 3.36. The van der Waals surface area contributed by atoms with Crippen molar-refractivity contribution in [3.8, 4) is 0 Å². The number of carbonyl (C=O) groups excluding carboxylic acids is 1. The fraction of sp³-hybridized carbons (Fsp3) is 0.364. The van der Waals surface area contributed by atoms with Crippen molar-refractivity contribution in [2.24, 2.45) is 0 Å². The Hall–Kier alpha value is -1.23. The van der Waals surface area contributed by atoms with Crippen molar-refractivity contribution in [3.63, 3.8) is 0 Å². The van der Waals surface area contributed by atoms with Crippen molar-refractivity contribution < 1.29 is 9.18 Å². The molecule has 0 fully saturated rings. The second kappa shape index (κ2) is 6.37. The first kappa shape index (κ1) is 12.8. The summed E-state index contributed by atoms with van der Waals surface area (Å²) >= 11 is 1.28. The summed E-state index contributed by atoms with van der Waals surface area (Å²) in [5, 5.41) is 2.75. The molecule has 0 saturated carbocycles. The topological polar surface area (TPSA) is 55.1 Å². The summed E-state index contributed by atoms with van der Waals surface area (Å²) < 4.78 is 13.0. The van der Waals surface area contributed by atoms with Crippen LogP contribution in [0.5, 0.6) is 0 Å². The fourth-order valence-corrected chi connectivity index (χ4v) is 1.95. The minimum Gasteiger partial charge on any atom is -0.399 e. The smallest absolute Gasteiger partial charge is 0.230 e. The van der Waals surface area contributed by atoms with Gasteiger partial charge in [0.25, 0.3) is 0 Å². The van der Waals surface area contributed by atoms with E-state index in [9.17, 15) is 9.18 Å². The number of nitrogens with one attached hydrogen (secondary N) is 1. The molecule has 0 aliphatic rings. The molecular weight excluding hydrogens is 227 g/mol.